The van der Waals surface area contributed by atoms with E-state index in [0.29, 0.717) is 24.3 Å². The van der Waals surface area contributed by atoms with Crippen molar-refractivity contribution in [1.29, 1.82) is 0 Å². The summed E-state index contributed by atoms with van der Waals surface area (Å²) in [6, 6.07) is 1.55. The summed E-state index contributed by atoms with van der Waals surface area (Å²) in [6.07, 6.45) is 1.85. The summed E-state index contributed by atoms with van der Waals surface area (Å²) >= 11 is 0. The topological polar surface area (TPSA) is 115 Å². The number of aryl methyl sites for hydroxylation is 1. The smallest absolute Gasteiger partial charge is 0.324 e. The lowest BCUT2D eigenvalue weighted by atomic mass is 9.85. The number of rotatable bonds is 5. The molecule has 23 heavy (non-hydrogen) atoms. The molecule has 1 heterocycles. The molecule has 1 aromatic rings. The van der Waals surface area contributed by atoms with Gasteiger partial charge in [0, 0.05) is 31.1 Å². The minimum absolute atomic E-state index is 0.0524. The number of aromatic nitrogens is 1. The Kier molecular flexibility index (Phi) is 4.61. The standard InChI is InChI=1S/C15H17NO6S/c1-15(14(18)19,23(2,20)21)6-5-11-9-13(22-16-11)4-3-10-7-12(17)8-10/h9-10H,5-8H2,1-2H3,(H,18,19)/t15-/m1/s1. The van der Waals surface area contributed by atoms with Crippen molar-refractivity contribution < 1.29 is 27.6 Å². The van der Waals surface area contributed by atoms with E-state index in [1.165, 1.54) is 6.92 Å². The molecule has 0 aliphatic heterocycles. The van der Waals surface area contributed by atoms with Crippen LogP contribution in [0.25, 0.3) is 0 Å². The molecular formula is C15H17NO6S. The predicted molar refractivity (Wildman–Crippen MR) is 80.3 cm³/mol. The van der Waals surface area contributed by atoms with Crippen LogP contribution in [-0.4, -0.2) is 41.4 Å². The SMILES string of the molecule is C[C@@](CCc1cc(C#CC2CC(=O)C2)on1)(C(=O)O)S(C)(=O)=O. The number of carboxylic acid groups (broad SMARTS) is 1. The van der Waals surface area contributed by atoms with Gasteiger partial charge in [0.25, 0.3) is 0 Å². The Hall–Kier alpha value is -2.14. The first-order valence-electron chi connectivity index (χ1n) is 7.03. The Labute approximate surface area is 134 Å². The molecule has 0 bridgehead atoms. The van der Waals surface area contributed by atoms with Gasteiger partial charge < -0.3 is 9.63 Å². The second-order valence-electron chi connectivity index (χ2n) is 5.90. The van der Waals surface area contributed by atoms with Gasteiger partial charge in [-0.25, -0.2) is 8.42 Å². The van der Waals surface area contributed by atoms with Crippen molar-refractivity contribution in [2.75, 3.05) is 6.26 Å². The van der Waals surface area contributed by atoms with E-state index in [1.54, 1.807) is 6.07 Å². The van der Waals surface area contributed by atoms with Crippen molar-refractivity contribution in [1.82, 2.24) is 5.16 Å². The van der Waals surface area contributed by atoms with Crippen molar-refractivity contribution in [3.8, 4) is 11.8 Å². The van der Waals surface area contributed by atoms with Crippen LogP contribution in [-0.2, 0) is 25.8 Å². The van der Waals surface area contributed by atoms with Crippen LogP contribution in [0.2, 0.25) is 0 Å². The summed E-state index contributed by atoms with van der Waals surface area (Å²) in [7, 11) is -3.77. The van der Waals surface area contributed by atoms with E-state index < -0.39 is 20.6 Å². The molecule has 0 amide bonds. The quantitative estimate of drug-likeness (QED) is 0.790. The molecule has 1 aliphatic carbocycles. The highest BCUT2D eigenvalue weighted by molar-refractivity contribution is 7.92. The van der Waals surface area contributed by atoms with E-state index in [-0.39, 0.29) is 24.5 Å². The number of ketones is 1. The highest BCUT2D eigenvalue weighted by Gasteiger charge is 2.43. The Morgan fingerprint density at radius 1 is 1.52 bits per heavy atom. The van der Waals surface area contributed by atoms with Gasteiger partial charge in [0.15, 0.2) is 14.6 Å². The fraction of sp³-hybridized carbons (Fsp3) is 0.533. The number of hydrogen-bond acceptors (Lipinski definition) is 6. The second-order valence-corrected chi connectivity index (χ2v) is 8.35. The first-order chi connectivity index (χ1) is 10.6. The second kappa shape index (κ2) is 6.16. The van der Waals surface area contributed by atoms with Crippen molar-refractivity contribution in [3.05, 3.63) is 17.5 Å². The molecule has 0 aromatic carbocycles. The Bertz CT molecular complexity index is 789. The lowest BCUT2D eigenvalue weighted by Crippen LogP contribution is -2.43. The number of aliphatic carboxylic acids is 1. The number of hydrogen-bond donors (Lipinski definition) is 1. The molecule has 7 nitrogen and oxygen atoms in total. The van der Waals surface area contributed by atoms with Gasteiger partial charge in [0.05, 0.1) is 5.69 Å². The number of carboxylic acids is 1. The highest BCUT2D eigenvalue weighted by Crippen LogP contribution is 2.24. The number of sulfone groups is 1. The van der Waals surface area contributed by atoms with Gasteiger partial charge in [-0.15, -0.1) is 0 Å². The Morgan fingerprint density at radius 2 is 2.17 bits per heavy atom. The predicted octanol–water partition coefficient (Wildman–Crippen LogP) is 0.826. The number of carbonyl (C=O) groups excluding carboxylic acids is 1. The summed E-state index contributed by atoms with van der Waals surface area (Å²) in [6.45, 7) is 1.18. The summed E-state index contributed by atoms with van der Waals surface area (Å²) < 4.78 is 26.5. The molecule has 1 aromatic heterocycles. The summed E-state index contributed by atoms with van der Waals surface area (Å²) in [5, 5.41) is 12.9. The van der Waals surface area contributed by atoms with Gasteiger partial charge >= 0.3 is 5.97 Å². The van der Waals surface area contributed by atoms with E-state index in [4.69, 9.17) is 4.52 Å². The van der Waals surface area contributed by atoms with Gasteiger partial charge in [-0.3, -0.25) is 9.59 Å². The van der Waals surface area contributed by atoms with Crippen LogP contribution in [0.3, 0.4) is 0 Å². The molecule has 1 atom stereocenters. The molecule has 8 heteroatoms. The minimum Gasteiger partial charge on any atom is -0.480 e. The normalized spacial score (nSPS) is 17.7. The first-order valence-corrected chi connectivity index (χ1v) is 8.93. The van der Waals surface area contributed by atoms with E-state index in [2.05, 4.69) is 17.0 Å². The van der Waals surface area contributed by atoms with Gasteiger partial charge in [0.2, 0.25) is 5.76 Å². The molecule has 124 valence electrons. The van der Waals surface area contributed by atoms with Crippen molar-refractivity contribution in [2.45, 2.75) is 37.4 Å². The van der Waals surface area contributed by atoms with Gasteiger partial charge in [-0.05, 0) is 25.7 Å². The van der Waals surface area contributed by atoms with Crippen molar-refractivity contribution in [2.24, 2.45) is 5.92 Å². The molecule has 0 spiro atoms. The monoisotopic (exact) mass is 339 g/mol. The molecule has 1 fully saturated rings. The van der Waals surface area contributed by atoms with Crippen LogP contribution >= 0.6 is 0 Å². The number of Topliss-reactive ketones (excluding diaryl/α,β-unsaturated/α-hetero) is 1. The molecule has 0 radical (unpaired) electrons. The Morgan fingerprint density at radius 3 is 2.70 bits per heavy atom. The molecule has 1 N–H and O–H groups in total. The van der Waals surface area contributed by atoms with E-state index in [0.717, 1.165) is 6.26 Å². The maximum absolute atomic E-state index is 11.7. The number of nitrogens with zero attached hydrogens (tertiary/aromatic N) is 1. The summed E-state index contributed by atoms with van der Waals surface area (Å²) in [4.78, 5) is 22.1. The highest BCUT2D eigenvalue weighted by atomic mass is 32.2. The molecule has 0 saturated heterocycles. The van der Waals surface area contributed by atoms with E-state index >= 15 is 0 Å². The van der Waals surface area contributed by atoms with E-state index in [1.807, 2.05) is 0 Å². The third-order valence-electron chi connectivity index (χ3n) is 4.04. The summed E-state index contributed by atoms with van der Waals surface area (Å²) in [5.41, 5.74) is 0.440. The van der Waals surface area contributed by atoms with Crippen molar-refractivity contribution >= 4 is 21.6 Å². The lowest BCUT2D eigenvalue weighted by molar-refractivity contribution is -0.139. The zero-order valence-corrected chi connectivity index (χ0v) is 13.6. The number of carbonyl (C=O) groups is 2. The van der Waals surface area contributed by atoms with Gasteiger partial charge in [-0.2, -0.15) is 0 Å². The van der Waals surface area contributed by atoms with Crippen LogP contribution in [0.4, 0.5) is 0 Å². The molecule has 0 unspecified atom stereocenters. The average molecular weight is 339 g/mol. The van der Waals surface area contributed by atoms with Crippen LogP contribution < -0.4 is 0 Å². The van der Waals surface area contributed by atoms with Gasteiger partial charge in [-0.1, -0.05) is 11.1 Å². The Balaban J connectivity index is 2.01. The van der Waals surface area contributed by atoms with Crippen LogP contribution in [0.1, 0.15) is 37.6 Å². The molecule has 1 saturated carbocycles. The van der Waals surface area contributed by atoms with Crippen LogP contribution in [0, 0.1) is 17.8 Å². The molecule has 1 aliphatic rings. The molecular weight excluding hydrogens is 322 g/mol. The van der Waals surface area contributed by atoms with Crippen molar-refractivity contribution in [3.63, 3.8) is 0 Å². The molecule has 2 rings (SSSR count). The zero-order valence-electron chi connectivity index (χ0n) is 12.8. The first kappa shape index (κ1) is 17.2. The third-order valence-corrected chi connectivity index (χ3v) is 6.05. The van der Waals surface area contributed by atoms with Gasteiger partial charge in [0.1, 0.15) is 5.78 Å². The summed E-state index contributed by atoms with van der Waals surface area (Å²) in [5.74, 6) is 4.84. The lowest BCUT2D eigenvalue weighted by Gasteiger charge is -2.21. The van der Waals surface area contributed by atoms with Crippen LogP contribution in [0.15, 0.2) is 10.6 Å². The largest absolute Gasteiger partial charge is 0.480 e. The third kappa shape index (κ3) is 3.79. The van der Waals surface area contributed by atoms with E-state index in [9.17, 15) is 23.1 Å². The fourth-order valence-electron chi connectivity index (χ4n) is 2.07. The maximum atomic E-state index is 11.7. The zero-order chi connectivity index (χ0) is 17.3. The van der Waals surface area contributed by atoms with Crippen LogP contribution in [0.5, 0.6) is 0 Å². The average Bonchev–Trinajstić information content (AvgIpc) is 2.86. The fourth-order valence-corrected chi connectivity index (χ4v) is 2.86. The maximum Gasteiger partial charge on any atom is 0.324 e. The minimum atomic E-state index is -3.77.